The lowest BCUT2D eigenvalue weighted by Gasteiger charge is -2.15. The SMILES string of the molecule is CCOc1cc(/C=C(/C#N)c2nc3ccc(F)cc3[nH]2)cc(Br)c1OCc1ccc2ccccc2c1. The van der Waals surface area contributed by atoms with Crippen molar-refractivity contribution in [3.8, 4) is 17.6 Å². The Bertz CT molecular complexity index is 1650. The zero-order valence-electron chi connectivity index (χ0n) is 19.4. The number of allylic oxidation sites excluding steroid dienone is 1. The van der Waals surface area contributed by atoms with Crippen LogP contribution < -0.4 is 9.47 Å². The fourth-order valence-electron chi connectivity index (χ4n) is 3.99. The number of fused-ring (bicyclic) bond motifs is 2. The van der Waals surface area contributed by atoms with Gasteiger partial charge in [-0.1, -0.05) is 36.4 Å². The third-order valence-electron chi connectivity index (χ3n) is 5.66. The Labute approximate surface area is 215 Å². The quantitative estimate of drug-likeness (QED) is 0.215. The van der Waals surface area contributed by atoms with Gasteiger partial charge in [-0.3, -0.25) is 0 Å². The number of halogens is 2. The molecule has 0 fully saturated rings. The fourth-order valence-corrected chi connectivity index (χ4v) is 4.56. The predicted octanol–water partition coefficient (Wildman–Crippen LogP) is 7.66. The number of aromatic nitrogens is 2. The van der Waals surface area contributed by atoms with Gasteiger partial charge in [-0.25, -0.2) is 9.37 Å². The molecule has 0 aliphatic rings. The predicted molar refractivity (Wildman–Crippen MR) is 143 cm³/mol. The van der Waals surface area contributed by atoms with E-state index in [4.69, 9.17) is 9.47 Å². The number of aromatic amines is 1. The van der Waals surface area contributed by atoms with Crippen LogP contribution >= 0.6 is 15.9 Å². The highest BCUT2D eigenvalue weighted by molar-refractivity contribution is 9.10. The van der Waals surface area contributed by atoms with Crippen LogP contribution in [0.3, 0.4) is 0 Å². The Balaban J connectivity index is 1.44. The second-order valence-electron chi connectivity index (χ2n) is 8.15. The van der Waals surface area contributed by atoms with Crippen molar-refractivity contribution < 1.29 is 13.9 Å². The van der Waals surface area contributed by atoms with Gasteiger partial charge < -0.3 is 14.5 Å². The molecular weight excluding hydrogens is 521 g/mol. The molecular formula is C29H21BrFN3O2. The van der Waals surface area contributed by atoms with Gasteiger partial charge in [-0.15, -0.1) is 0 Å². The maximum Gasteiger partial charge on any atom is 0.175 e. The number of imidazole rings is 1. The van der Waals surface area contributed by atoms with Crippen LogP contribution in [0.15, 0.2) is 77.3 Å². The number of rotatable bonds is 7. The molecule has 7 heteroatoms. The summed E-state index contributed by atoms with van der Waals surface area (Å²) in [4.78, 5) is 7.44. The summed E-state index contributed by atoms with van der Waals surface area (Å²) in [6.45, 7) is 2.72. The second-order valence-corrected chi connectivity index (χ2v) is 9.00. The summed E-state index contributed by atoms with van der Waals surface area (Å²) in [7, 11) is 0. The Morgan fingerprint density at radius 1 is 1.06 bits per heavy atom. The third kappa shape index (κ3) is 4.95. The highest BCUT2D eigenvalue weighted by Gasteiger charge is 2.14. The minimum absolute atomic E-state index is 0.311. The first kappa shape index (κ1) is 23.6. The van der Waals surface area contributed by atoms with E-state index in [2.05, 4.69) is 56.2 Å². The van der Waals surface area contributed by atoms with Crippen LogP contribution in [0.1, 0.15) is 23.9 Å². The standard InChI is InChI=1S/C29H21BrFN3O2/c1-2-35-27-14-19(12-22(16-32)29-33-25-10-9-23(31)15-26(25)34-29)13-24(30)28(27)36-17-18-7-8-20-5-3-4-6-21(20)11-18/h3-15H,2,17H2,1H3,(H,33,34)/b22-12-. The number of ether oxygens (including phenoxy) is 2. The van der Waals surface area contributed by atoms with Gasteiger partial charge in [0.05, 0.1) is 27.7 Å². The second kappa shape index (κ2) is 10.2. The van der Waals surface area contributed by atoms with Crippen molar-refractivity contribution >= 4 is 49.4 Å². The molecule has 0 radical (unpaired) electrons. The molecule has 0 aliphatic carbocycles. The zero-order chi connectivity index (χ0) is 25.1. The summed E-state index contributed by atoms with van der Waals surface area (Å²) in [5.74, 6) is 1.14. The Kier molecular flexibility index (Phi) is 6.70. The maximum absolute atomic E-state index is 13.6. The lowest BCUT2D eigenvalue weighted by molar-refractivity contribution is 0.267. The molecule has 0 unspecified atom stereocenters. The van der Waals surface area contributed by atoms with E-state index in [0.29, 0.717) is 51.6 Å². The van der Waals surface area contributed by atoms with Crippen LogP contribution in [-0.2, 0) is 6.61 Å². The molecule has 36 heavy (non-hydrogen) atoms. The monoisotopic (exact) mass is 541 g/mol. The van der Waals surface area contributed by atoms with Crippen LogP contribution in [0.25, 0.3) is 33.5 Å². The fraction of sp³-hybridized carbons (Fsp3) is 0.103. The summed E-state index contributed by atoms with van der Waals surface area (Å²) >= 11 is 3.60. The Morgan fingerprint density at radius 2 is 1.89 bits per heavy atom. The maximum atomic E-state index is 13.6. The summed E-state index contributed by atoms with van der Waals surface area (Å²) < 4.78 is 26.3. The average Bonchev–Trinajstić information content (AvgIpc) is 3.30. The Hall–Kier alpha value is -4.15. The topological polar surface area (TPSA) is 70.9 Å². The van der Waals surface area contributed by atoms with Crippen molar-refractivity contribution in [1.29, 1.82) is 5.26 Å². The van der Waals surface area contributed by atoms with Crippen LogP contribution in [0.2, 0.25) is 0 Å². The molecule has 0 amide bonds. The van der Waals surface area contributed by atoms with Crippen LogP contribution in [-0.4, -0.2) is 16.6 Å². The number of nitriles is 1. The highest BCUT2D eigenvalue weighted by Crippen LogP contribution is 2.38. The van der Waals surface area contributed by atoms with Gasteiger partial charge in [0.1, 0.15) is 24.3 Å². The molecule has 5 nitrogen and oxygen atoms in total. The summed E-state index contributed by atoms with van der Waals surface area (Å²) in [6.07, 6.45) is 1.70. The van der Waals surface area contributed by atoms with Gasteiger partial charge in [0.25, 0.3) is 0 Å². The van der Waals surface area contributed by atoms with Crippen molar-refractivity contribution in [2.45, 2.75) is 13.5 Å². The van der Waals surface area contributed by atoms with Crippen molar-refractivity contribution in [2.24, 2.45) is 0 Å². The first-order valence-corrected chi connectivity index (χ1v) is 12.2. The van der Waals surface area contributed by atoms with Gasteiger partial charge in [0.2, 0.25) is 0 Å². The van der Waals surface area contributed by atoms with Crippen LogP contribution in [0.4, 0.5) is 4.39 Å². The number of H-pyrrole nitrogens is 1. The normalized spacial score (nSPS) is 11.6. The smallest absolute Gasteiger partial charge is 0.175 e. The zero-order valence-corrected chi connectivity index (χ0v) is 21.0. The van der Waals surface area contributed by atoms with Crippen molar-refractivity contribution in [3.63, 3.8) is 0 Å². The molecule has 0 aliphatic heterocycles. The van der Waals surface area contributed by atoms with E-state index in [0.717, 1.165) is 16.5 Å². The summed E-state index contributed by atoms with van der Waals surface area (Å²) in [5.41, 5.74) is 3.19. The van der Waals surface area contributed by atoms with E-state index in [1.165, 1.54) is 17.5 Å². The van der Waals surface area contributed by atoms with Crippen LogP contribution in [0.5, 0.6) is 11.5 Å². The molecule has 0 spiro atoms. The summed E-state index contributed by atoms with van der Waals surface area (Å²) in [5, 5.41) is 12.1. The van der Waals surface area contributed by atoms with Crippen LogP contribution in [0, 0.1) is 17.1 Å². The first-order valence-electron chi connectivity index (χ1n) is 11.4. The number of nitrogens with zero attached hydrogens (tertiary/aromatic N) is 2. The third-order valence-corrected chi connectivity index (χ3v) is 6.25. The molecule has 178 valence electrons. The van der Waals surface area contributed by atoms with E-state index >= 15 is 0 Å². The Morgan fingerprint density at radius 3 is 2.69 bits per heavy atom. The van der Waals surface area contributed by atoms with E-state index in [-0.39, 0.29) is 5.82 Å². The minimum atomic E-state index is -0.371. The largest absolute Gasteiger partial charge is 0.490 e. The first-order chi connectivity index (χ1) is 17.5. The molecule has 5 rings (SSSR count). The lowest BCUT2D eigenvalue weighted by Crippen LogP contribution is -2.01. The number of hydrogen-bond acceptors (Lipinski definition) is 4. The molecule has 0 atom stereocenters. The van der Waals surface area contributed by atoms with E-state index < -0.39 is 0 Å². The number of benzene rings is 4. The molecule has 1 aromatic heterocycles. The molecule has 0 bridgehead atoms. The van der Waals surface area contributed by atoms with Gasteiger partial charge in [0, 0.05) is 0 Å². The van der Waals surface area contributed by atoms with E-state index in [9.17, 15) is 9.65 Å². The summed E-state index contributed by atoms with van der Waals surface area (Å²) in [6, 6.07) is 24.6. The van der Waals surface area contributed by atoms with Gasteiger partial charge in [-0.2, -0.15) is 5.26 Å². The van der Waals surface area contributed by atoms with Gasteiger partial charge in [0.15, 0.2) is 11.5 Å². The number of nitrogens with one attached hydrogen (secondary N) is 1. The molecule has 4 aromatic carbocycles. The lowest BCUT2D eigenvalue weighted by atomic mass is 10.1. The van der Waals surface area contributed by atoms with Crippen molar-refractivity contribution in [2.75, 3.05) is 6.61 Å². The minimum Gasteiger partial charge on any atom is -0.490 e. The molecule has 5 aromatic rings. The molecule has 0 saturated heterocycles. The average molecular weight is 542 g/mol. The van der Waals surface area contributed by atoms with Gasteiger partial charge >= 0.3 is 0 Å². The van der Waals surface area contributed by atoms with Crippen molar-refractivity contribution in [3.05, 3.63) is 100 Å². The van der Waals surface area contributed by atoms with E-state index in [1.807, 2.05) is 37.3 Å². The van der Waals surface area contributed by atoms with Gasteiger partial charge in [-0.05, 0) is 87.2 Å². The van der Waals surface area contributed by atoms with E-state index in [1.54, 1.807) is 12.1 Å². The molecule has 0 saturated carbocycles. The highest BCUT2D eigenvalue weighted by atomic mass is 79.9. The van der Waals surface area contributed by atoms with Crippen molar-refractivity contribution in [1.82, 2.24) is 9.97 Å². The molecule has 1 heterocycles. The number of hydrogen-bond donors (Lipinski definition) is 1. The molecule has 1 N–H and O–H groups in total.